The van der Waals surface area contributed by atoms with Crippen molar-refractivity contribution in [3.8, 4) is 0 Å². The lowest BCUT2D eigenvalue weighted by atomic mass is 10.0. The van der Waals surface area contributed by atoms with Crippen LogP contribution in [0.4, 0.5) is 0 Å². The summed E-state index contributed by atoms with van der Waals surface area (Å²) >= 11 is 0. The zero-order valence-corrected chi connectivity index (χ0v) is 33.2. The summed E-state index contributed by atoms with van der Waals surface area (Å²) in [6, 6.07) is -0.529. The van der Waals surface area contributed by atoms with Gasteiger partial charge in [0.2, 0.25) is 5.91 Å². The summed E-state index contributed by atoms with van der Waals surface area (Å²) in [6.07, 6.45) is 53.0. The number of aliphatic hydroxyl groups is 2. The van der Waals surface area contributed by atoms with Crippen LogP contribution in [0, 0.1) is 0 Å². The summed E-state index contributed by atoms with van der Waals surface area (Å²) in [5.41, 5.74) is 0. The van der Waals surface area contributed by atoms with E-state index in [4.69, 9.17) is 0 Å². The Kier molecular flexibility index (Phi) is 40.3. The number of hydrogen-bond acceptors (Lipinski definition) is 3. The molecule has 0 aliphatic carbocycles. The third kappa shape index (κ3) is 37.9. The lowest BCUT2D eigenvalue weighted by Gasteiger charge is -2.22. The molecule has 3 N–H and O–H groups in total. The highest BCUT2D eigenvalue weighted by atomic mass is 16.3. The van der Waals surface area contributed by atoms with Crippen molar-refractivity contribution in [1.82, 2.24) is 5.32 Å². The molecule has 0 aromatic carbocycles. The fourth-order valence-corrected chi connectivity index (χ4v) is 6.80. The van der Waals surface area contributed by atoms with Crippen molar-refractivity contribution in [2.45, 2.75) is 251 Å². The van der Waals surface area contributed by atoms with E-state index in [1.54, 1.807) is 0 Å². The van der Waals surface area contributed by atoms with Crippen LogP contribution < -0.4 is 5.32 Å². The monoisotopic (exact) mass is 690 g/mol. The first-order valence-corrected chi connectivity index (χ1v) is 22.0. The minimum Gasteiger partial charge on any atom is -0.394 e. The summed E-state index contributed by atoms with van der Waals surface area (Å²) in [5.74, 6) is -0.0343. The van der Waals surface area contributed by atoms with E-state index in [1.165, 1.54) is 180 Å². The van der Waals surface area contributed by atoms with Crippen LogP contribution in [0.3, 0.4) is 0 Å². The molecule has 0 aliphatic rings. The molecule has 4 heteroatoms. The van der Waals surface area contributed by atoms with Crippen LogP contribution in [0.2, 0.25) is 0 Å². The number of unbranched alkanes of at least 4 members (excludes halogenated alkanes) is 29. The van der Waals surface area contributed by atoms with Gasteiger partial charge in [-0.05, 0) is 44.9 Å². The molecule has 0 saturated carbocycles. The molecule has 0 aromatic heterocycles. The normalized spacial score (nSPS) is 13.1. The van der Waals surface area contributed by atoms with Gasteiger partial charge in [-0.25, -0.2) is 0 Å². The van der Waals surface area contributed by atoms with E-state index < -0.39 is 12.1 Å². The molecule has 0 heterocycles. The Morgan fingerprint density at radius 1 is 0.490 bits per heavy atom. The predicted octanol–water partition coefficient (Wildman–Crippen LogP) is 13.6. The topological polar surface area (TPSA) is 69.6 Å². The van der Waals surface area contributed by atoms with Gasteiger partial charge in [0.25, 0.3) is 0 Å². The number of amides is 1. The molecule has 0 rings (SSSR count). The summed E-state index contributed by atoms with van der Waals surface area (Å²) in [6.45, 7) is 4.30. The van der Waals surface area contributed by atoms with Crippen molar-refractivity contribution in [1.29, 1.82) is 0 Å². The van der Waals surface area contributed by atoms with E-state index in [9.17, 15) is 15.0 Å². The zero-order chi connectivity index (χ0) is 35.7. The van der Waals surface area contributed by atoms with E-state index in [0.29, 0.717) is 12.8 Å². The largest absolute Gasteiger partial charge is 0.394 e. The number of hydrogen-bond donors (Lipinski definition) is 3. The maximum absolute atomic E-state index is 12.3. The molecular formula is C45H87NO3. The van der Waals surface area contributed by atoms with Gasteiger partial charge < -0.3 is 15.5 Å². The SMILES string of the molecule is CCCCCCC/C=C\C/C=C\CCCCCCCCCCCCCCCCCCCCCC(=O)NC(CO)C(O)CCCCCCCC. The second-order valence-electron chi connectivity index (χ2n) is 15.1. The van der Waals surface area contributed by atoms with E-state index in [1.807, 2.05) is 0 Å². The van der Waals surface area contributed by atoms with E-state index in [2.05, 4.69) is 43.5 Å². The Balaban J connectivity index is 3.35. The first-order valence-electron chi connectivity index (χ1n) is 22.0. The van der Waals surface area contributed by atoms with Crippen molar-refractivity contribution in [2.75, 3.05) is 6.61 Å². The average molecular weight is 690 g/mol. The lowest BCUT2D eigenvalue weighted by molar-refractivity contribution is -0.123. The van der Waals surface area contributed by atoms with Gasteiger partial charge in [0, 0.05) is 6.42 Å². The highest BCUT2D eigenvalue weighted by molar-refractivity contribution is 5.76. The van der Waals surface area contributed by atoms with E-state index in [0.717, 1.165) is 32.1 Å². The summed E-state index contributed by atoms with van der Waals surface area (Å²) in [5, 5.41) is 22.9. The maximum Gasteiger partial charge on any atom is 0.220 e. The molecule has 2 atom stereocenters. The van der Waals surface area contributed by atoms with Crippen LogP contribution in [0.25, 0.3) is 0 Å². The van der Waals surface area contributed by atoms with Gasteiger partial charge in [0.15, 0.2) is 0 Å². The van der Waals surface area contributed by atoms with E-state index in [-0.39, 0.29) is 12.5 Å². The van der Waals surface area contributed by atoms with Crippen LogP contribution >= 0.6 is 0 Å². The average Bonchev–Trinajstić information content (AvgIpc) is 3.10. The smallest absolute Gasteiger partial charge is 0.220 e. The van der Waals surface area contributed by atoms with Crippen molar-refractivity contribution in [3.63, 3.8) is 0 Å². The molecule has 2 unspecified atom stereocenters. The Labute approximate surface area is 307 Å². The quantitative estimate of drug-likeness (QED) is 0.0443. The highest BCUT2D eigenvalue weighted by Gasteiger charge is 2.19. The molecular weight excluding hydrogens is 602 g/mol. The number of carbonyl (C=O) groups excluding carboxylic acids is 1. The molecule has 0 fully saturated rings. The molecule has 0 aromatic rings. The second kappa shape index (κ2) is 41.3. The first-order chi connectivity index (χ1) is 24.2. The zero-order valence-electron chi connectivity index (χ0n) is 33.2. The van der Waals surface area contributed by atoms with Crippen molar-refractivity contribution < 1.29 is 15.0 Å². The Hall–Kier alpha value is -1.13. The predicted molar refractivity (Wildman–Crippen MR) is 216 cm³/mol. The van der Waals surface area contributed by atoms with Crippen LogP contribution in [-0.4, -0.2) is 34.9 Å². The van der Waals surface area contributed by atoms with Gasteiger partial charge in [0.1, 0.15) is 0 Å². The third-order valence-corrected chi connectivity index (χ3v) is 10.2. The standard InChI is InChI=1S/C45H87NO3/c1-3-5-7-9-11-12-13-14-15-16-17-18-19-20-21-22-23-24-25-26-27-28-29-30-31-32-33-34-35-37-39-41-45(49)46-43(42-47)44(48)40-38-36-10-8-6-4-2/h13-14,16-17,43-44,47-48H,3-12,15,18-42H2,1-2H3,(H,46,49)/b14-13-,17-16-. The molecule has 4 nitrogen and oxygen atoms in total. The van der Waals surface area contributed by atoms with Crippen LogP contribution in [0.15, 0.2) is 24.3 Å². The molecule has 0 saturated heterocycles. The van der Waals surface area contributed by atoms with Gasteiger partial charge in [-0.2, -0.15) is 0 Å². The van der Waals surface area contributed by atoms with Crippen LogP contribution in [0.5, 0.6) is 0 Å². The van der Waals surface area contributed by atoms with Gasteiger partial charge in [-0.15, -0.1) is 0 Å². The summed E-state index contributed by atoms with van der Waals surface area (Å²) in [4.78, 5) is 12.3. The summed E-state index contributed by atoms with van der Waals surface area (Å²) in [7, 11) is 0. The molecule has 0 bridgehead atoms. The molecule has 290 valence electrons. The Morgan fingerprint density at radius 3 is 1.22 bits per heavy atom. The Morgan fingerprint density at radius 2 is 0.837 bits per heavy atom. The lowest BCUT2D eigenvalue weighted by Crippen LogP contribution is -2.45. The second-order valence-corrected chi connectivity index (χ2v) is 15.1. The Bertz CT molecular complexity index is 705. The van der Waals surface area contributed by atoms with Gasteiger partial charge in [0.05, 0.1) is 18.8 Å². The number of carbonyl (C=O) groups is 1. The fourth-order valence-electron chi connectivity index (χ4n) is 6.80. The minimum absolute atomic E-state index is 0.0343. The number of rotatable bonds is 40. The fraction of sp³-hybridized carbons (Fsp3) is 0.889. The number of allylic oxidation sites excluding steroid dienone is 4. The van der Waals surface area contributed by atoms with Crippen molar-refractivity contribution in [3.05, 3.63) is 24.3 Å². The molecule has 0 aliphatic heterocycles. The maximum atomic E-state index is 12.3. The minimum atomic E-state index is -0.652. The van der Waals surface area contributed by atoms with E-state index >= 15 is 0 Å². The first kappa shape index (κ1) is 47.9. The molecule has 0 radical (unpaired) electrons. The molecule has 0 spiro atoms. The van der Waals surface area contributed by atoms with Crippen molar-refractivity contribution >= 4 is 5.91 Å². The highest BCUT2D eigenvalue weighted by Crippen LogP contribution is 2.16. The van der Waals surface area contributed by atoms with Gasteiger partial charge in [-0.1, -0.05) is 212 Å². The number of nitrogens with one attached hydrogen (secondary N) is 1. The van der Waals surface area contributed by atoms with Crippen molar-refractivity contribution in [2.24, 2.45) is 0 Å². The molecule has 49 heavy (non-hydrogen) atoms. The van der Waals surface area contributed by atoms with Gasteiger partial charge in [-0.3, -0.25) is 4.79 Å². The molecule has 1 amide bonds. The van der Waals surface area contributed by atoms with Gasteiger partial charge >= 0.3 is 0 Å². The third-order valence-electron chi connectivity index (χ3n) is 10.2. The summed E-state index contributed by atoms with van der Waals surface area (Å²) < 4.78 is 0. The number of aliphatic hydroxyl groups excluding tert-OH is 2. The van der Waals surface area contributed by atoms with Crippen LogP contribution in [-0.2, 0) is 4.79 Å². The van der Waals surface area contributed by atoms with Crippen LogP contribution in [0.1, 0.15) is 239 Å².